The molecule has 1 aromatic heterocycles. The molecule has 134 valence electrons. The molecule has 7 nitrogen and oxygen atoms in total. The molecule has 24 heavy (non-hydrogen) atoms. The molecule has 1 atom stereocenters. The van der Waals surface area contributed by atoms with Crippen molar-refractivity contribution < 1.29 is 12.9 Å². The van der Waals surface area contributed by atoms with Crippen LogP contribution < -0.4 is 5.32 Å². The van der Waals surface area contributed by atoms with E-state index in [1.54, 1.807) is 6.07 Å². The lowest BCUT2D eigenvalue weighted by Gasteiger charge is -2.13. The number of nitrogens with one attached hydrogen (secondary N) is 1. The van der Waals surface area contributed by atoms with E-state index < -0.39 is 10.0 Å². The lowest BCUT2D eigenvalue weighted by Crippen LogP contribution is -2.24. The summed E-state index contributed by atoms with van der Waals surface area (Å²) in [6.07, 6.45) is 0.608. The van der Waals surface area contributed by atoms with Crippen molar-refractivity contribution in [3.63, 3.8) is 0 Å². The number of rotatable bonds is 6. The predicted octanol–water partition coefficient (Wildman–Crippen LogP) is 2.21. The number of hydrogen-bond acceptors (Lipinski definition) is 6. The highest BCUT2D eigenvalue weighted by atomic mass is 35.5. The second-order valence-electron chi connectivity index (χ2n) is 5.34. The zero-order valence-corrected chi connectivity index (χ0v) is 16.2. The zero-order chi connectivity index (χ0) is 17.2. The van der Waals surface area contributed by atoms with Crippen molar-refractivity contribution in [1.29, 1.82) is 0 Å². The van der Waals surface area contributed by atoms with Crippen LogP contribution in [0.1, 0.15) is 12.7 Å². The van der Waals surface area contributed by atoms with E-state index in [4.69, 9.17) is 16.1 Å². The summed E-state index contributed by atoms with van der Waals surface area (Å²) in [6.45, 7) is 2.00. The summed E-state index contributed by atoms with van der Waals surface area (Å²) in [4.78, 5) is 4.30. The minimum Gasteiger partial charge on any atom is -0.334 e. The molecule has 2 rings (SSSR count). The number of halogens is 2. The summed E-state index contributed by atoms with van der Waals surface area (Å²) in [5.41, 5.74) is 0.505. The van der Waals surface area contributed by atoms with Crippen LogP contribution in [0.5, 0.6) is 0 Å². The lowest BCUT2D eigenvalue weighted by atomic mass is 10.2. The molecule has 0 spiro atoms. The smallest absolute Gasteiger partial charge is 0.257 e. The van der Waals surface area contributed by atoms with Crippen molar-refractivity contribution in [2.75, 3.05) is 21.1 Å². The molecular formula is C14H20Cl2N4O3S. The first kappa shape index (κ1) is 20.9. The Hall–Kier alpha value is -1.19. The molecule has 1 aromatic carbocycles. The summed E-state index contributed by atoms with van der Waals surface area (Å²) in [5, 5.41) is 7.14. The van der Waals surface area contributed by atoms with Gasteiger partial charge in [-0.1, -0.05) is 16.8 Å². The van der Waals surface area contributed by atoms with Gasteiger partial charge in [-0.25, -0.2) is 12.7 Å². The van der Waals surface area contributed by atoms with Gasteiger partial charge in [-0.05, 0) is 32.2 Å². The molecule has 0 aliphatic rings. The van der Waals surface area contributed by atoms with Crippen LogP contribution >= 0.6 is 24.0 Å². The third kappa shape index (κ3) is 4.46. The van der Waals surface area contributed by atoms with Gasteiger partial charge in [-0.2, -0.15) is 4.98 Å². The molecule has 0 aliphatic heterocycles. The third-order valence-corrected chi connectivity index (χ3v) is 5.68. The fraction of sp³-hybridized carbons (Fsp3) is 0.429. The second kappa shape index (κ2) is 8.26. The van der Waals surface area contributed by atoms with Gasteiger partial charge in [0.05, 0.1) is 5.02 Å². The molecule has 0 radical (unpaired) electrons. The van der Waals surface area contributed by atoms with Crippen molar-refractivity contribution in [3.8, 4) is 11.5 Å². The molecule has 0 fully saturated rings. The number of aromatic nitrogens is 2. The maximum Gasteiger partial charge on any atom is 0.257 e. The van der Waals surface area contributed by atoms with Crippen molar-refractivity contribution in [1.82, 2.24) is 19.8 Å². The molecule has 0 saturated heterocycles. The van der Waals surface area contributed by atoms with Crippen molar-refractivity contribution in [3.05, 3.63) is 29.0 Å². The van der Waals surface area contributed by atoms with Crippen molar-refractivity contribution >= 4 is 34.0 Å². The Kier molecular flexibility index (Phi) is 7.18. The van der Waals surface area contributed by atoms with Crippen LogP contribution in [0.3, 0.4) is 0 Å². The van der Waals surface area contributed by atoms with Gasteiger partial charge < -0.3 is 9.84 Å². The van der Waals surface area contributed by atoms with Gasteiger partial charge in [0.1, 0.15) is 4.90 Å². The molecule has 0 aliphatic carbocycles. The van der Waals surface area contributed by atoms with Gasteiger partial charge in [0.25, 0.3) is 5.89 Å². The Morgan fingerprint density at radius 3 is 2.62 bits per heavy atom. The van der Waals surface area contributed by atoms with Crippen LogP contribution in [0.4, 0.5) is 0 Å². The highest BCUT2D eigenvalue weighted by molar-refractivity contribution is 7.89. The standard InChI is InChI=1S/C14H19ClN4O3S.ClH/c1-9(16-2)7-13-17-14(22-18-13)10-5-6-11(15)12(8-10)23(20,21)19(3)4;/h5-6,8-9,16H,7H2,1-4H3;1H. The van der Waals surface area contributed by atoms with Crippen LogP contribution in [0.25, 0.3) is 11.5 Å². The van der Waals surface area contributed by atoms with E-state index in [0.29, 0.717) is 17.8 Å². The average molecular weight is 395 g/mol. The Labute approximate surface area is 152 Å². The number of likely N-dealkylation sites (N-methyl/N-ethyl adjacent to an activating group) is 1. The largest absolute Gasteiger partial charge is 0.334 e. The molecule has 0 saturated carbocycles. The van der Waals surface area contributed by atoms with Crippen LogP contribution in [0.2, 0.25) is 5.02 Å². The Morgan fingerprint density at radius 2 is 2.04 bits per heavy atom. The van der Waals surface area contributed by atoms with Gasteiger partial charge in [0.2, 0.25) is 10.0 Å². The summed E-state index contributed by atoms with van der Waals surface area (Å²) in [7, 11) is 1.09. The van der Waals surface area contributed by atoms with Crippen LogP contribution in [-0.2, 0) is 16.4 Å². The van der Waals surface area contributed by atoms with Crippen LogP contribution in [0, 0.1) is 0 Å². The highest BCUT2D eigenvalue weighted by Crippen LogP contribution is 2.29. The van der Waals surface area contributed by atoms with Crippen LogP contribution in [-0.4, -0.2) is 50.0 Å². The number of nitrogens with zero attached hydrogens (tertiary/aromatic N) is 3. The topological polar surface area (TPSA) is 88.3 Å². The van der Waals surface area contributed by atoms with E-state index in [1.807, 2.05) is 14.0 Å². The summed E-state index contributed by atoms with van der Waals surface area (Å²) < 4.78 is 30.9. The number of sulfonamides is 1. The van der Waals surface area contributed by atoms with Gasteiger partial charge in [-0.15, -0.1) is 12.4 Å². The molecule has 0 bridgehead atoms. The Bertz CT molecular complexity index is 793. The maximum atomic E-state index is 12.3. The van der Waals surface area contributed by atoms with E-state index >= 15 is 0 Å². The lowest BCUT2D eigenvalue weighted by molar-refractivity contribution is 0.418. The monoisotopic (exact) mass is 394 g/mol. The first-order valence-corrected chi connectivity index (χ1v) is 8.79. The van der Waals surface area contributed by atoms with E-state index in [2.05, 4.69) is 15.5 Å². The van der Waals surface area contributed by atoms with Gasteiger partial charge in [0, 0.05) is 32.1 Å². The minimum atomic E-state index is -3.65. The maximum absolute atomic E-state index is 12.3. The van der Waals surface area contributed by atoms with Crippen molar-refractivity contribution in [2.45, 2.75) is 24.3 Å². The first-order valence-electron chi connectivity index (χ1n) is 6.98. The minimum absolute atomic E-state index is 0. The average Bonchev–Trinajstić information content (AvgIpc) is 2.95. The third-order valence-electron chi connectivity index (χ3n) is 3.39. The van der Waals surface area contributed by atoms with E-state index in [0.717, 1.165) is 4.31 Å². The van der Waals surface area contributed by atoms with Crippen molar-refractivity contribution in [2.24, 2.45) is 0 Å². The Balaban J connectivity index is 0.00000288. The van der Waals surface area contributed by atoms with Gasteiger partial charge in [-0.3, -0.25) is 0 Å². The molecule has 10 heteroatoms. The van der Waals surface area contributed by atoms with E-state index in [-0.39, 0.29) is 34.3 Å². The number of benzene rings is 1. The second-order valence-corrected chi connectivity index (χ2v) is 7.87. The fourth-order valence-corrected chi connectivity index (χ4v) is 3.25. The molecule has 2 aromatic rings. The first-order chi connectivity index (χ1) is 10.8. The zero-order valence-electron chi connectivity index (χ0n) is 13.8. The molecule has 1 heterocycles. The van der Waals surface area contributed by atoms with E-state index in [9.17, 15) is 8.42 Å². The molecule has 1 unspecified atom stereocenters. The van der Waals surface area contributed by atoms with Gasteiger partial charge >= 0.3 is 0 Å². The molecule has 0 amide bonds. The summed E-state index contributed by atoms with van der Waals surface area (Å²) in [5.74, 6) is 0.809. The number of hydrogen-bond donors (Lipinski definition) is 1. The quantitative estimate of drug-likeness (QED) is 0.807. The SMILES string of the molecule is CNC(C)Cc1noc(-c2ccc(Cl)c(S(=O)(=O)N(C)C)c2)n1.Cl. The fourth-order valence-electron chi connectivity index (χ4n) is 1.86. The summed E-state index contributed by atoms with van der Waals surface area (Å²) >= 11 is 6.02. The summed E-state index contributed by atoms with van der Waals surface area (Å²) in [6, 6.07) is 4.80. The highest BCUT2D eigenvalue weighted by Gasteiger charge is 2.22. The predicted molar refractivity (Wildman–Crippen MR) is 95.1 cm³/mol. The molecule has 1 N–H and O–H groups in total. The van der Waals surface area contributed by atoms with Gasteiger partial charge in [0.15, 0.2) is 5.82 Å². The Morgan fingerprint density at radius 1 is 1.38 bits per heavy atom. The normalized spacial score (nSPS) is 12.9. The molecular weight excluding hydrogens is 375 g/mol. The van der Waals surface area contributed by atoms with Crippen LogP contribution in [0.15, 0.2) is 27.6 Å². The van der Waals surface area contributed by atoms with E-state index in [1.165, 1.54) is 26.2 Å².